The average molecular weight is 655 g/mol. The molecule has 254 valence electrons. The van der Waals surface area contributed by atoms with Gasteiger partial charge in [-0.25, -0.2) is 4.79 Å². The molecule has 0 bridgehead atoms. The van der Waals surface area contributed by atoms with Gasteiger partial charge in [0, 0.05) is 42.9 Å². The number of esters is 1. The number of hydrogen-bond acceptors (Lipinski definition) is 12. The van der Waals surface area contributed by atoms with E-state index in [1.807, 2.05) is 58.0 Å². The summed E-state index contributed by atoms with van der Waals surface area (Å²) in [5.74, 6) is 2.10. The van der Waals surface area contributed by atoms with Gasteiger partial charge in [-0.15, -0.1) is 0 Å². The molecule has 12 nitrogen and oxygen atoms in total. The smallest absolute Gasteiger partial charge is 0.339 e. The van der Waals surface area contributed by atoms with Gasteiger partial charge in [0.1, 0.15) is 36.8 Å². The van der Waals surface area contributed by atoms with E-state index < -0.39 is 36.7 Å². The van der Waals surface area contributed by atoms with Crippen molar-refractivity contribution in [2.75, 3.05) is 54.0 Å². The molecule has 0 saturated carbocycles. The average Bonchev–Trinajstić information content (AvgIpc) is 3.72. The van der Waals surface area contributed by atoms with Gasteiger partial charge in [-0.05, 0) is 62.9 Å². The van der Waals surface area contributed by atoms with Crippen LogP contribution in [0.25, 0.3) is 21.9 Å². The number of cyclic esters (lactones) is 1. The molecule has 3 aliphatic heterocycles. The molecular formula is C35H42O12. The van der Waals surface area contributed by atoms with Crippen LogP contribution in [0.1, 0.15) is 43.6 Å². The third-order valence-corrected chi connectivity index (χ3v) is 8.47. The molecule has 5 atom stereocenters. The summed E-state index contributed by atoms with van der Waals surface area (Å²) in [6, 6.07) is 9.24. The Bertz CT molecular complexity index is 1590. The van der Waals surface area contributed by atoms with Gasteiger partial charge >= 0.3 is 5.97 Å². The van der Waals surface area contributed by atoms with E-state index in [4.69, 9.17) is 52.1 Å². The largest absolute Gasteiger partial charge is 0.493 e. The minimum atomic E-state index is -0.957. The molecule has 1 fully saturated rings. The topological polar surface area (TPSA) is 119 Å². The van der Waals surface area contributed by atoms with Gasteiger partial charge in [-0.1, -0.05) is 6.07 Å². The maximum atomic E-state index is 13.5. The lowest BCUT2D eigenvalue weighted by atomic mass is 9.89. The first-order valence-corrected chi connectivity index (χ1v) is 16.0. The number of methoxy groups -OCH3 is 2. The molecular weight excluding hydrogens is 612 g/mol. The number of hydrogen-bond donors (Lipinski definition) is 0. The zero-order valence-electron chi connectivity index (χ0n) is 27.6. The summed E-state index contributed by atoms with van der Waals surface area (Å²) in [7, 11) is 3.13. The third kappa shape index (κ3) is 6.16. The minimum absolute atomic E-state index is 0.00378. The second-order valence-corrected chi connectivity index (χ2v) is 11.0. The van der Waals surface area contributed by atoms with Gasteiger partial charge in [0.05, 0.1) is 26.4 Å². The molecule has 0 aromatic heterocycles. The predicted molar refractivity (Wildman–Crippen MR) is 170 cm³/mol. The molecule has 0 aliphatic carbocycles. The van der Waals surface area contributed by atoms with Crippen molar-refractivity contribution in [1.29, 1.82) is 0 Å². The normalized spacial score (nSPS) is 23.1. The summed E-state index contributed by atoms with van der Waals surface area (Å²) in [6.07, 6.45) is -3.14. The van der Waals surface area contributed by atoms with Crippen LogP contribution in [0.15, 0.2) is 30.3 Å². The van der Waals surface area contributed by atoms with E-state index in [-0.39, 0.29) is 20.0 Å². The van der Waals surface area contributed by atoms with E-state index in [1.165, 1.54) is 0 Å². The van der Waals surface area contributed by atoms with E-state index in [9.17, 15) is 4.79 Å². The summed E-state index contributed by atoms with van der Waals surface area (Å²) >= 11 is 0. The first kappa shape index (κ1) is 33.1. The summed E-state index contributed by atoms with van der Waals surface area (Å²) in [4.78, 5) is 13.5. The quantitative estimate of drug-likeness (QED) is 0.211. The fourth-order valence-corrected chi connectivity index (χ4v) is 6.50. The second kappa shape index (κ2) is 14.5. The van der Waals surface area contributed by atoms with Crippen LogP contribution in [0.4, 0.5) is 0 Å². The zero-order chi connectivity index (χ0) is 33.1. The van der Waals surface area contributed by atoms with E-state index >= 15 is 0 Å². The van der Waals surface area contributed by atoms with Gasteiger partial charge in [0.25, 0.3) is 0 Å². The molecule has 0 unspecified atom stereocenters. The van der Waals surface area contributed by atoms with Gasteiger partial charge < -0.3 is 52.1 Å². The monoisotopic (exact) mass is 654 g/mol. The van der Waals surface area contributed by atoms with Crippen molar-refractivity contribution in [2.45, 2.75) is 65.0 Å². The zero-order valence-corrected chi connectivity index (χ0v) is 27.6. The Hall–Kier alpha value is -3.81. The van der Waals surface area contributed by atoms with Crippen molar-refractivity contribution in [3.63, 3.8) is 0 Å². The standard InChI is InChI=1S/C35H42O12/c1-7-39-17-27-31(40-8-2)32(41-9-3)33(42-10-4)35(46-27)47-30-21-15-25(38-6)24(37-5)14-20(21)28(29-22(30)16-43-34(29)36)19-11-12-23-26(13-19)45-18-44-23/h11-15,27,31-33,35H,7-10,16-18H2,1-6H3/t27-,31-,32+,33-,35+/m1/s1. The first-order chi connectivity index (χ1) is 23.0. The number of ether oxygens (including phenoxy) is 11. The van der Waals surface area contributed by atoms with Gasteiger partial charge in [0.2, 0.25) is 13.1 Å². The Labute approximate surface area is 273 Å². The molecule has 3 heterocycles. The van der Waals surface area contributed by atoms with Crippen LogP contribution < -0.4 is 23.7 Å². The van der Waals surface area contributed by atoms with Crippen molar-refractivity contribution in [2.24, 2.45) is 0 Å². The third-order valence-electron chi connectivity index (χ3n) is 8.47. The maximum Gasteiger partial charge on any atom is 0.339 e. The molecule has 3 aromatic carbocycles. The summed E-state index contributed by atoms with van der Waals surface area (Å²) in [5.41, 5.74) is 2.33. The molecule has 47 heavy (non-hydrogen) atoms. The SMILES string of the molecule is CCOC[C@H]1O[C@@H](Oc2c3c(c(-c4ccc5c(c4)OCO5)c4cc(OC)c(OC)cc24)C(=O)OC3)[C@H](OCC)[C@@H](OCC)[C@@H]1OCC. The molecule has 0 spiro atoms. The fraction of sp³-hybridized carbons (Fsp3) is 0.514. The molecule has 0 radical (unpaired) electrons. The van der Waals surface area contributed by atoms with Gasteiger partial charge in [0.15, 0.2) is 23.0 Å². The van der Waals surface area contributed by atoms with Crippen LogP contribution in [-0.4, -0.2) is 90.7 Å². The highest BCUT2D eigenvalue weighted by Crippen LogP contribution is 2.50. The highest BCUT2D eigenvalue weighted by atomic mass is 16.7. The minimum Gasteiger partial charge on any atom is -0.493 e. The highest BCUT2D eigenvalue weighted by Gasteiger charge is 2.50. The molecule has 3 aliphatic rings. The van der Waals surface area contributed by atoms with Crippen LogP contribution >= 0.6 is 0 Å². The molecule has 12 heteroatoms. The van der Waals surface area contributed by atoms with Crippen molar-refractivity contribution >= 4 is 16.7 Å². The highest BCUT2D eigenvalue weighted by molar-refractivity contribution is 6.14. The molecule has 0 N–H and O–H groups in total. The molecule has 6 rings (SSSR count). The Balaban J connectivity index is 1.54. The Kier molecular flexibility index (Phi) is 10.2. The van der Waals surface area contributed by atoms with E-state index in [0.717, 1.165) is 5.56 Å². The number of fused-ring (bicyclic) bond motifs is 3. The summed E-state index contributed by atoms with van der Waals surface area (Å²) in [5, 5.41) is 1.34. The van der Waals surface area contributed by atoms with Crippen molar-refractivity contribution in [3.05, 3.63) is 41.5 Å². The van der Waals surface area contributed by atoms with Crippen LogP contribution in [0.2, 0.25) is 0 Å². The van der Waals surface area contributed by atoms with Crippen LogP contribution in [0.3, 0.4) is 0 Å². The van der Waals surface area contributed by atoms with Crippen molar-refractivity contribution < 1.29 is 56.9 Å². The van der Waals surface area contributed by atoms with E-state index in [1.54, 1.807) is 14.2 Å². The number of carbonyl (C=O) groups excluding carboxylic acids is 1. The lowest BCUT2D eigenvalue weighted by Gasteiger charge is -2.45. The molecule has 3 aromatic rings. The number of rotatable bonds is 14. The van der Waals surface area contributed by atoms with Crippen LogP contribution in [0, 0.1) is 0 Å². The lowest BCUT2D eigenvalue weighted by molar-refractivity contribution is -0.302. The number of carbonyl (C=O) groups is 1. The number of benzene rings is 3. The van der Waals surface area contributed by atoms with Gasteiger partial charge in [-0.2, -0.15) is 0 Å². The van der Waals surface area contributed by atoms with Gasteiger partial charge in [-0.3, -0.25) is 0 Å². The van der Waals surface area contributed by atoms with Crippen molar-refractivity contribution in [1.82, 2.24) is 0 Å². The van der Waals surface area contributed by atoms with Crippen molar-refractivity contribution in [3.8, 4) is 39.9 Å². The summed E-state index contributed by atoms with van der Waals surface area (Å²) in [6.45, 7) is 9.80. The first-order valence-electron chi connectivity index (χ1n) is 16.0. The Morgan fingerprint density at radius 1 is 0.745 bits per heavy atom. The molecule has 1 saturated heterocycles. The Morgan fingerprint density at radius 3 is 2.13 bits per heavy atom. The van der Waals surface area contributed by atoms with Crippen LogP contribution in [-0.2, 0) is 35.0 Å². The van der Waals surface area contributed by atoms with E-state index in [0.29, 0.717) is 82.6 Å². The van der Waals surface area contributed by atoms with E-state index in [2.05, 4.69) is 0 Å². The summed E-state index contributed by atoms with van der Waals surface area (Å²) < 4.78 is 66.3. The lowest BCUT2D eigenvalue weighted by Crippen LogP contribution is -2.62. The van der Waals surface area contributed by atoms with Crippen LogP contribution in [0.5, 0.6) is 28.7 Å². The fourth-order valence-electron chi connectivity index (χ4n) is 6.50. The molecule has 0 amide bonds. The Morgan fingerprint density at radius 2 is 1.43 bits per heavy atom. The maximum absolute atomic E-state index is 13.5. The predicted octanol–water partition coefficient (Wildman–Crippen LogP) is 5.28. The second-order valence-electron chi connectivity index (χ2n) is 11.0.